The summed E-state index contributed by atoms with van der Waals surface area (Å²) in [5, 5.41) is 8.75. The molecule has 1 aliphatic carbocycles. The Hall–Kier alpha value is -2.36. The van der Waals surface area contributed by atoms with Crippen LogP contribution in [-0.4, -0.2) is 28.4 Å². The van der Waals surface area contributed by atoms with Gasteiger partial charge in [0, 0.05) is 24.2 Å². The maximum Gasteiger partial charge on any atom is 0.303 e. The minimum absolute atomic E-state index is 0.0423. The molecule has 0 unspecified atom stereocenters. The van der Waals surface area contributed by atoms with Crippen LogP contribution in [0.4, 0.5) is 0 Å². The molecule has 0 saturated carbocycles. The average Bonchev–Trinajstić information content (AvgIpc) is 2.82. The number of amides is 1. The number of hydrogen-bond acceptors (Lipinski definition) is 2. The lowest BCUT2D eigenvalue weighted by molar-refractivity contribution is -0.136. The third-order valence-electron chi connectivity index (χ3n) is 4.67. The van der Waals surface area contributed by atoms with Gasteiger partial charge in [0.05, 0.1) is 0 Å². The highest BCUT2D eigenvalue weighted by Gasteiger charge is 2.25. The van der Waals surface area contributed by atoms with Crippen LogP contribution in [0.2, 0.25) is 0 Å². The molecule has 126 valence electrons. The van der Waals surface area contributed by atoms with Crippen LogP contribution in [0.1, 0.15) is 54.4 Å². The molecule has 1 saturated heterocycles. The summed E-state index contributed by atoms with van der Waals surface area (Å²) in [4.78, 5) is 25.5. The predicted octanol–water partition coefficient (Wildman–Crippen LogP) is 3.93. The lowest BCUT2D eigenvalue weighted by Crippen LogP contribution is -2.31. The van der Waals surface area contributed by atoms with E-state index in [0.29, 0.717) is 12.0 Å². The van der Waals surface area contributed by atoms with Crippen LogP contribution in [0.5, 0.6) is 0 Å². The molecule has 1 aliphatic heterocycles. The van der Waals surface area contributed by atoms with E-state index in [-0.39, 0.29) is 12.3 Å². The monoisotopic (exact) mass is 325 g/mol. The van der Waals surface area contributed by atoms with Gasteiger partial charge in [-0.05, 0) is 61.8 Å². The molecular weight excluding hydrogens is 302 g/mol. The van der Waals surface area contributed by atoms with Crippen molar-refractivity contribution < 1.29 is 14.7 Å². The van der Waals surface area contributed by atoms with E-state index in [1.807, 2.05) is 29.2 Å². The van der Waals surface area contributed by atoms with Gasteiger partial charge in [0.25, 0.3) is 5.91 Å². The smallest absolute Gasteiger partial charge is 0.303 e. The summed E-state index contributed by atoms with van der Waals surface area (Å²) >= 11 is 0. The van der Waals surface area contributed by atoms with Crippen molar-refractivity contribution in [1.82, 2.24) is 4.90 Å². The summed E-state index contributed by atoms with van der Waals surface area (Å²) in [6.45, 7) is 0.767. The van der Waals surface area contributed by atoms with Crippen molar-refractivity contribution in [3.63, 3.8) is 0 Å². The molecule has 4 heteroatoms. The van der Waals surface area contributed by atoms with Gasteiger partial charge in [-0.2, -0.15) is 0 Å². The molecule has 0 bridgehead atoms. The number of carbonyl (C=O) groups excluding carboxylic acids is 1. The molecule has 3 rings (SSSR count). The Balaban J connectivity index is 1.76. The number of likely N-dealkylation sites (tertiary alicyclic amines) is 1. The van der Waals surface area contributed by atoms with Gasteiger partial charge in [-0.25, -0.2) is 0 Å². The summed E-state index contributed by atoms with van der Waals surface area (Å²) < 4.78 is 0. The third kappa shape index (κ3) is 3.75. The van der Waals surface area contributed by atoms with Crippen molar-refractivity contribution in [1.29, 1.82) is 0 Å². The van der Waals surface area contributed by atoms with Crippen molar-refractivity contribution >= 4 is 11.9 Å². The fraction of sp³-hybridized carbons (Fsp3) is 0.400. The molecule has 1 aromatic rings. The Morgan fingerprint density at radius 2 is 1.79 bits per heavy atom. The average molecular weight is 325 g/mol. The van der Waals surface area contributed by atoms with Crippen molar-refractivity contribution in [2.75, 3.05) is 6.54 Å². The number of aryl methyl sites for hydroxylation is 1. The lowest BCUT2D eigenvalue weighted by Gasteiger charge is -2.26. The van der Waals surface area contributed by atoms with Crippen LogP contribution < -0.4 is 0 Å². The molecule has 24 heavy (non-hydrogen) atoms. The van der Waals surface area contributed by atoms with E-state index >= 15 is 0 Å². The van der Waals surface area contributed by atoms with E-state index in [1.54, 1.807) is 0 Å². The maximum absolute atomic E-state index is 12.9. The Morgan fingerprint density at radius 1 is 1.04 bits per heavy atom. The maximum atomic E-state index is 12.9. The molecule has 0 radical (unpaired) electrons. The van der Waals surface area contributed by atoms with E-state index in [2.05, 4.69) is 12.2 Å². The zero-order valence-corrected chi connectivity index (χ0v) is 13.8. The molecule has 1 heterocycles. The number of allylic oxidation sites excluding steroid dienone is 3. The summed E-state index contributed by atoms with van der Waals surface area (Å²) in [6.07, 6.45) is 10.3. The molecule has 4 nitrogen and oxygen atoms in total. The second-order valence-electron chi connectivity index (χ2n) is 6.40. The first-order chi connectivity index (χ1) is 11.6. The van der Waals surface area contributed by atoms with Crippen LogP contribution >= 0.6 is 0 Å². The van der Waals surface area contributed by atoms with Crippen LogP contribution in [0.25, 0.3) is 0 Å². The van der Waals surface area contributed by atoms with E-state index in [9.17, 15) is 9.59 Å². The number of hydrogen-bond donors (Lipinski definition) is 1. The standard InChI is InChI=1S/C20H23NO3/c22-19(23)13-10-15-8-11-17(12-9-15)20(24)21-14-4-3-6-16-5-1-2-7-18(16)21/h5,7-9,11-12H,1-4,6,10,13-14H2,(H,22,23). The second kappa shape index (κ2) is 7.47. The zero-order chi connectivity index (χ0) is 16.9. The van der Waals surface area contributed by atoms with Gasteiger partial charge in [-0.1, -0.05) is 24.3 Å². The molecular formula is C20H23NO3. The minimum atomic E-state index is -0.803. The number of nitrogens with zero attached hydrogens (tertiary/aromatic N) is 1. The fourth-order valence-corrected chi connectivity index (χ4v) is 3.36. The van der Waals surface area contributed by atoms with Crippen molar-refractivity contribution in [2.45, 2.75) is 44.9 Å². The normalized spacial score (nSPS) is 17.4. The second-order valence-corrected chi connectivity index (χ2v) is 6.40. The Kier molecular flexibility index (Phi) is 5.14. The summed E-state index contributed by atoms with van der Waals surface area (Å²) in [7, 11) is 0. The topological polar surface area (TPSA) is 57.6 Å². The van der Waals surface area contributed by atoms with E-state index in [1.165, 1.54) is 5.57 Å². The molecule has 1 fully saturated rings. The van der Waals surface area contributed by atoms with Gasteiger partial charge in [-0.15, -0.1) is 0 Å². The van der Waals surface area contributed by atoms with Gasteiger partial charge in [0.2, 0.25) is 0 Å². The minimum Gasteiger partial charge on any atom is -0.481 e. The molecule has 1 amide bonds. The number of aliphatic carboxylic acids is 1. The van der Waals surface area contributed by atoms with Crippen LogP contribution in [0.3, 0.4) is 0 Å². The van der Waals surface area contributed by atoms with Gasteiger partial charge in [0.1, 0.15) is 0 Å². The Bertz CT molecular complexity index is 685. The molecule has 0 aromatic heterocycles. The van der Waals surface area contributed by atoms with Gasteiger partial charge < -0.3 is 10.0 Å². The zero-order valence-electron chi connectivity index (χ0n) is 13.8. The first-order valence-corrected chi connectivity index (χ1v) is 8.67. The van der Waals surface area contributed by atoms with Crippen molar-refractivity contribution in [3.05, 3.63) is 58.8 Å². The quantitative estimate of drug-likeness (QED) is 0.912. The Morgan fingerprint density at radius 3 is 2.54 bits per heavy atom. The summed E-state index contributed by atoms with van der Waals surface area (Å²) in [5.41, 5.74) is 4.02. The number of carboxylic acid groups (broad SMARTS) is 1. The first kappa shape index (κ1) is 16.5. The van der Waals surface area contributed by atoms with E-state index < -0.39 is 5.97 Å². The van der Waals surface area contributed by atoms with Crippen LogP contribution in [0, 0.1) is 0 Å². The van der Waals surface area contributed by atoms with Gasteiger partial charge in [-0.3, -0.25) is 9.59 Å². The SMILES string of the molecule is O=C(O)CCc1ccc(C(=O)N2CCCCC3=CCCC=C32)cc1. The van der Waals surface area contributed by atoms with E-state index in [4.69, 9.17) is 5.11 Å². The number of benzene rings is 1. The van der Waals surface area contributed by atoms with Gasteiger partial charge in [0.15, 0.2) is 0 Å². The largest absolute Gasteiger partial charge is 0.481 e. The van der Waals surface area contributed by atoms with Crippen LogP contribution in [0.15, 0.2) is 47.7 Å². The van der Waals surface area contributed by atoms with Crippen LogP contribution in [-0.2, 0) is 11.2 Å². The highest BCUT2D eigenvalue weighted by atomic mass is 16.4. The summed E-state index contributed by atoms with van der Waals surface area (Å²) in [5.74, 6) is -0.760. The highest BCUT2D eigenvalue weighted by Crippen LogP contribution is 2.31. The summed E-state index contributed by atoms with van der Waals surface area (Å²) in [6, 6.07) is 7.36. The third-order valence-corrected chi connectivity index (χ3v) is 4.67. The molecule has 2 aliphatic rings. The molecule has 1 N–H and O–H groups in total. The van der Waals surface area contributed by atoms with Gasteiger partial charge >= 0.3 is 5.97 Å². The first-order valence-electron chi connectivity index (χ1n) is 8.67. The highest BCUT2D eigenvalue weighted by molar-refractivity contribution is 5.96. The van der Waals surface area contributed by atoms with E-state index in [0.717, 1.165) is 49.9 Å². The number of carboxylic acids is 1. The number of carbonyl (C=O) groups is 2. The fourth-order valence-electron chi connectivity index (χ4n) is 3.36. The Labute approximate surface area is 142 Å². The predicted molar refractivity (Wildman–Crippen MR) is 92.7 cm³/mol. The number of fused-ring (bicyclic) bond motifs is 1. The lowest BCUT2D eigenvalue weighted by atomic mass is 9.99. The number of rotatable bonds is 4. The molecule has 0 atom stereocenters. The van der Waals surface area contributed by atoms with Crippen molar-refractivity contribution in [2.24, 2.45) is 0 Å². The van der Waals surface area contributed by atoms with Crippen molar-refractivity contribution in [3.8, 4) is 0 Å². The molecule has 0 spiro atoms. The molecule has 1 aromatic carbocycles.